The van der Waals surface area contributed by atoms with Crippen molar-refractivity contribution in [3.05, 3.63) is 84.5 Å². The molecule has 0 saturated carbocycles. The number of hydrogen-bond donors (Lipinski definition) is 0. The third-order valence-corrected chi connectivity index (χ3v) is 7.72. The maximum atomic E-state index is 14.0. The molecule has 9 nitrogen and oxygen atoms in total. The molecule has 0 saturated heterocycles. The summed E-state index contributed by atoms with van der Waals surface area (Å²) in [6.07, 6.45) is 5.07. The van der Waals surface area contributed by atoms with Gasteiger partial charge >= 0.3 is 11.9 Å². The molecular formula is C33H38N2O7S. The summed E-state index contributed by atoms with van der Waals surface area (Å²) in [7, 11) is 1.46. The van der Waals surface area contributed by atoms with Gasteiger partial charge in [-0.1, -0.05) is 63.1 Å². The number of ether oxygens (including phenoxy) is 4. The average molecular weight is 607 g/mol. The van der Waals surface area contributed by atoms with Crippen LogP contribution >= 0.6 is 11.3 Å². The Morgan fingerprint density at radius 1 is 1.09 bits per heavy atom. The highest BCUT2D eigenvalue weighted by molar-refractivity contribution is 7.07. The molecule has 1 unspecified atom stereocenters. The minimum absolute atomic E-state index is 0.126. The van der Waals surface area contributed by atoms with Gasteiger partial charge < -0.3 is 18.9 Å². The van der Waals surface area contributed by atoms with Gasteiger partial charge in [0.2, 0.25) is 0 Å². The van der Waals surface area contributed by atoms with Crippen LogP contribution in [0.25, 0.3) is 6.08 Å². The van der Waals surface area contributed by atoms with Crippen molar-refractivity contribution in [2.45, 2.75) is 59.9 Å². The van der Waals surface area contributed by atoms with E-state index in [9.17, 15) is 14.4 Å². The molecule has 2 aromatic carbocycles. The molecule has 0 fully saturated rings. The van der Waals surface area contributed by atoms with Crippen LogP contribution in [0.5, 0.6) is 17.2 Å². The lowest BCUT2D eigenvalue weighted by Crippen LogP contribution is -2.40. The number of benzene rings is 2. The number of unbranched alkanes of at least 4 members (excludes halogenated alkanes) is 2. The van der Waals surface area contributed by atoms with Crippen molar-refractivity contribution in [2.24, 2.45) is 10.9 Å². The van der Waals surface area contributed by atoms with Gasteiger partial charge in [-0.3, -0.25) is 14.2 Å². The Hall–Kier alpha value is -4.18. The number of aromatic nitrogens is 1. The standard InChI is InChI=1S/C33H38N2O7S/c1-7-8-9-16-40-25-13-10-23(11-14-25)17-28-31(37)35-30(24-12-15-26(42-22(5)36)27(18-24)39-6)29(21(4)34-33(35)43-28)32(38)41-19-20(2)3/h10-15,17-18,20,30H,7-9,16,19H2,1-6H3/b28-17+. The molecule has 0 amide bonds. The molecule has 3 aromatic rings. The molecule has 4 rings (SSSR count). The minimum atomic E-state index is -0.836. The topological polar surface area (TPSA) is 105 Å². The molecule has 10 heteroatoms. The van der Waals surface area contributed by atoms with Crippen LogP contribution in [-0.2, 0) is 14.3 Å². The molecular weight excluding hydrogens is 568 g/mol. The van der Waals surface area contributed by atoms with Gasteiger partial charge in [-0.15, -0.1) is 0 Å². The van der Waals surface area contributed by atoms with Crippen molar-refractivity contribution in [3.63, 3.8) is 0 Å². The van der Waals surface area contributed by atoms with Gasteiger partial charge in [0.25, 0.3) is 5.56 Å². The predicted molar refractivity (Wildman–Crippen MR) is 165 cm³/mol. The lowest BCUT2D eigenvalue weighted by molar-refractivity contribution is -0.140. The van der Waals surface area contributed by atoms with Gasteiger partial charge in [0.1, 0.15) is 5.75 Å². The van der Waals surface area contributed by atoms with Crippen LogP contribution in [0.2, 0.25) is 0 Å². The predicted octanol–water partition coefficient (Wildman–Crippen LogP) is 4.94. The molecule has 1 atom stereocenters. The third-order valence-electron chi connectivity index (χ3n) is 6.74. The smallest absolute Gasteiger partial charge is 0.338 e. The molecule has 1 aliphatic rings. The van der Waals surface area contributed by atoms with Crippen molar-refractivity contribution in [2.75, 3.05) is 20.3 Å². The molecule has 2 heterocycles. The number of esters is 2. The number of nitrogens with zero attached hydrogens (tertiary/aromatic N) is 2. The van der Waals surface area contributed by atoms with Crippen LogP contribution in [0.4, 0.5) is 0 Å². The van der Waals surface area contributed by atoms with E-state index < -0.39 is 18.0 Å². The van der Waals surface area contributed by atoms with Crippen LogP contribution < -0.4 is 29.1 Å². The first kappa shape index (κ1) is 31.7. The van der Waals surface area contributed by atoms with Gasteiger partial charge in [-0.05, 0) is 60.7 Å². The second kappa shape index (κ2) is 14.3. The van der Waals surface area contributed by atoms with Crippen LogP contribution in [0.15, 0.2) is 63.5 Å². The Labute approximate surface area is 255 Å². The lowest BCUT2D eigenvalue weighted by atomic mass is 9.95. The van der Waals surface area contributed by atoms with E-state index in [2.05, 4.69) is 11.9 Å². The normalized spacial score (nSPS) is 14.8. The molecule has 0 bridgehead atoms. The highest BCUT2D eigenvalue weighted by atomic mass is 32.1. The van der Waals surface area contributed by atoms with E-state index in [1.165, 1.54) is 29.9 Å². The zero-order valence-corrected chi connectivity index (χ0v) is 26.3. The van der Waals surface area contributed by atoms with E-state index in [1.807, 2.05) is 44.2 Å². The molecule has 1 aliphatic heterocycles. The van der Waals surface area contributed by atoms with E-state index in [-0.39, 0.29) is 35.2 Å². The Bertz CT molecular complexity index is 1680. The minimum Gasteiger partial charge on any atom is -0.494 e. The van der Waals surface area contributed by atoms with Crippen LogP contribution in [0.3, 0.4) is 0 Å². The highest BCUT2D eigenvalue weighted by Gasteiger charge is 2.34. The number of allylic oxidation sites excluding steroid dienone is 1. The second-order valence-electron chi connectivity index (χ2n) is 10.7. The number of carbonyl (C=O) groups is 2. The third kappa shape index (κ3) is 7.62. The van der Waals surface area contributed by atoms with Gasteiger partial charge in [-0.25, -0.2) is 9.79 Å². The van der Waals surface area contributed by atoms with Crippen LogP contribution in [0.1, 0.15) is 71.0 Å². The van der Waals surface area contributed by atoms with Crippen molar-refractivity contribution in [3.8, 4) is 17.2 Å². The number of hydrogen-bond acceptors (Lipinski definition) is 9. The number of carbonyl (C=O) groups excluding carboxylic acids is 2. The molecule has 0 aliphatic carbocycles. The van der Waals surface area contributed by atoms with Gasteiger partial charge in [0.15, 0.2) is 16.3 Å². The monoisotopic (exact) mass is 606 g/mol. The summed E-state index contributed by atoms with van der Waals surface area (Å²) in [5.41, 5.74) is 1.84. The Kier molecular flexibility index (Phi) is 10.6. The molecule has 0 spiro atoms. The summed E-state index contributed by atoms with van der Waals surface area (Å²) < 4.78 is 24.2. The van der Waals surface area contributed by atoms with E-state index in [0.717, 1.165) is 30.6 Å². The maximum Gasteiger partial charge on any atom is 0.338 e. The summed E-state index contributed by atoms with van der Waals surface area (Å²) in [5.74, 6) is 0.377. The fourth-order valence-corrected chi connectivity index (χ4v) is 5.71. The van der Waals surface area contributed by atoms with E-state index >= 15 is 0 Å². The van der Waals surface area contributed by atoms with Crippen molar-refractivity contribution in [1.29, 1.82) is 0 Å². The number of thiazole rings is 1. The van der Waals surface area contributed by atoms with E-state index in [4.69, 9.17) is 18.9 Å². The number of fused-ring (bicyclic) bond motifs is 1. The first-order valence-electron chi connectivity index (χ1n) is 14.4. The molecule has 1 aromatic heterocycles. The second-order valence-corrected chi connectivity index (χ2v) is 11.7. The van der Waals surface area contributed by atoms with E-state index in [1.54, 1.807) is 25.1 Å². The molecule has 0 radical (unpaired) electrons. The average Bonchev–Trinajstić information content (AvgIpc) is 3.27. The number of rotatable bonds is 12. The summed E-state index contributed by atoms with van der Waals surface area (Å²) in [5, 5.41) is 0. The first-order valence-corrected chi connectivity index (χ1v) is 15.2. The van der Waals surface area contributed by atoms with Crippen molar-refractivity contribution in [1.82, 2.24) is 4.57 Å². The van der Waals surface area contributed by atoms with Crippen LogP contribution in [0, 0.1) is 5.92 Å². The van der Waals surface area contributed by atoms with Gasteiger partial charge in [-0.2, -0.15) is 0 Å². The van der Waals surface area contributed by atoms with Crippen molar-refractivity contribution >= 4 is 29.4 Å². The SMILES string of the molecule is CCCCCOc1ccc(/C=c2/sc3n(c2=O)C(c2ccc(OC(C)=O)c(OC)c2)C(C(=O)OCC(C)C)=C(C)N=3)cc1. The first-order chi connectivity index (χ1) is 20.6. The van der Waals surface area contributed by atoms with Crippen LogP contribution in [-0.4, -0.2) is 36.8 Å². The summed E-state index contributed by atoms with van der Waals surface area (Å²) in [6, 6.07) is 11.7. The quantitative estimate of drug-likeness (QED) is 0.163. The fourth-order valence-electron chi connectivity index (χ4n) is 4.67. The molecule has 0 N–H and O–H groups in total. The van der Waals surface area contributed by atoms with Crippen molar-refractivity contribution < 1.29 is 28.5 Å². The Balaban J connectivity index is 1.79. The lowest BCUT2D eigenvalue weighted by Gasteiger charge is -2.25. The van der Waals surface area contributed by atoms with E-state index in [0.29, 0.717) is 27.2 Å². The summed E-state index contributed by atoms with van der Waals surface area (Å²) >= 11 is 1.25. The van der Waals surface area contributed by atoms with Gasteiger partial charge in [0, 0.05) is 6.92 Å². The van der Waals surface area contributed by atoms with Gasteiger partial charge in [0.05, 0.1) is 42.2 Å². The molecule has 228 valence electrons. The summed E-state index contributed by atoms with van der Waals surface area (Å²) in [6.45, 7) is 9.97. The Morgan fingerprint density at radius 3 is 2.49 bits per heavy atom. The number of methoxy groups -OCH3 is 1. The summed E-state index contributed by atoms with van der Waals surface area (Å²) in [4.78, 5) is 44.1. The maximum absolute atomic E-state index is 14.0. The zero-order valence-electron chi connectivity index (χ0n) is 25.5. The molecule has 43 heavy (non-hydrogen) atoms. The highest BCUT2D eigenvalue weighted by Crippen LogP contribution is 2.36. The fraction of sp³-hybridized carbons (Fsp3) is 0.394. The Morgan fingerprint density at radius 2 is 1.84 bits per heavy atom. The largest absolute Gasteiger partial charge is 0.494 e. The zero-order chi connectivity index (χ0) is 31.1.